The van der Waals surface area contributed by atoms with Crippen LogP contribution in [0.5, 0.6) is 0 Å². The van der Waals surface area contributed by atoms with Gasteiger partial charge >= 0.3 is 6.03 Å². The number of rotatable bonds is 3. The Kier molecular flexibility index (Phi) is 4.70. The molecule has 5 nitrogen and oxygen atoms in total. The van der Waals surface area contributed by atoms with Crippen LogP contribution in [0, 0.1) is 6.92 Å². The van der Waals surface area contributed by atoms with Crippen molar-refractivity contribution in [1.29, 1.82) is 0 Å². The van der Waals surface area contributed by atoms with Crippen molar-refractivity contribution in [2.24, 2.45) is 0 Å². The molecule has 0 saturated carbocycles. The zero-order chi connectivity index (χ0) is 14.7. The van der Waals surface area contributed by atoms with Gasteiger partial charge in [-0.3, -0.25) is 0 Å². The van der Waals surface area contributed by atoms with Gasteiger partial charge in [0.15, 0.2) is 0 Å². The van der Waals surface area contributed by atoms with Crippen LogP contribution in [0.4, 0.5) is 4.79 Å². The molecule has 2 rings (SSSR count). The van der Waals surface area contributed by atoms with Gasteiger partial charge in [0, 0.05) is 33.2 Å². The highest BCUT2D eigenvalue weighted by molar-refractivity contribution is 5.73. The predicted molar refractivity (Wildman–Crippen MR) is 78.7 cm³/mol. The van der Waals surface area contributed by atoms with Gasteiger partial charge in [0.1, 0.15) is 11.5 Å². The van der Waals surface area contributed by atoms with Crippen molar-refractivity contribution in [3.8, 4) is 0 Å². The van der Waals surface area contributed by atoms with Crippen molar-refractivity contribution in [3.05, 3.63) is 23.7 Å². The van der Waals surface area contributed by atoms with Crippen LogP contribution in [-0.2, 0) is 0 Å². The van der Waals surface area contributed by atoms with Crippen LogP contribution in [0.2, 0.25) is 0 Å². The lowest BCUT2D eigenvalue weighted by Crippen LogP contribution is -2.48. The van der Waals surface area contributed by atoms with E-state index in [2.05, 4.69) is 12.2 Å². The monoisotopic (exact) mass is 279 g/mol. The first-order chi connectivity index (χ1) is 9.47. The van der Waals surface area contributed by atoms with Gasteiger partial charge in [-0.25, -0.2) is 4.79 Å². The molecule has 0 bridgehead atoms. The number of hydrogen-bond donors (Lipinski definition) is 1. The van der Waals surface area contributed by atoms with Gasteiger partial charge in [0.05, 0.1) is 6.04 Å². The summed E-state index contributed by atoms with van der Waals surface area (Å²) >= 11 is 0. The van der Waals surface area contributed by atoms with Crippen molar-refractivity contribution in [2.45, 2.75) is 38.8 Å². The molecular formula is C15H25N3O2. The molecule has 1 atom stereocenters. The Bertz CT molecular complexity index is 448. The average molecular weight is 279 g/mol. The summed E-state index contributed by atoms with van der Waals surface area (Å²) in [5, 5.41) is 3.59. The largest absolute Gasteiger partial charge is 0.465 e. The highest BCUT2D eigenvalue weighted by Gasteiger charge is 2.25. The lowest BCUT2D eigenvalue weighted by atomic mass is 10.0. The number of carbonyl (C=O) groups is 1. The van der Waals surface area contributed by atoms with E-state index in [4.69, 9.17) is 4.42 Å². The van der Waals surface area contributed by atoms with Crippen molar-refractivity contribution in [2.75, 3.05) is 27.2 Å². The Morgan fingerprint density at radius 1 is 1.40 bits per heavy atom. The molecule has 0 radical (unpaired) electrons. The third-order valence-corrected chi connectivity index (χ3v) is 3.82. The summed E-state index contributed by atoms with van der Waals surface area (Å²) in [6.45, 7) is 5.72. The first-order valence-electron chi connectivity index (χ1n) is 7.26. The Balaban J connectivity index is 1.81. The minimum atomic E-state index is 0.109. The molecule has 20 heavy (non-hydrogen) atoms. The number of amides is 2. The molecule has 0 aromatic carbocycles. The van der Waals surface area contributed by atoms with Gasteiger partial charge in [-0.1, -0.05) is 0 Å². The number of carbonyl (C=O) groups excluding carboxylic acids is 1. The molecule has 1 saturated heterocycles. The van der Waals surface area contributed by atoms with E-state index in [0.29, 0.717) is 6.04 Å². The Hall–Kier alpha value is -1.49. The number of nitrogens with one attached hydrogen (secondary N) is 1. The summed E-state index contributed by atoms with van der Waals surface area (Å²) < 4.78 is 5.64. The smallest absolute Gasteiger partial charge is 0.319 e. The van der Waals surface area contributed by atoms with Crippen molar-refractivity contribution < 1.29 is 9.21 Å². The maximum absolute atomic E-state index is 11.9. The minimum absolute atomic E-state index is 0.109. The third-order valence-electron chi connectivity index (χ3n) is 3.82. The van der Waals surface area contributed by atoms with Crippen LogP contribution in [0.25, 0.3) is 0 Å². The fraction of sp³-hybridized carbons (Fsp3) is 0.667. The fourth-order valence-corrected chi connectivity index (χ4v) is 2.64. The van der Waals surface area contributed by atoms with E-state index < -0.39 is 0 Å². The first kappa shape index (κ1) is 14.9. The second kappa shape index (κ2) is 6.31. The molecule has 1 aliphatic rings. The molecule has 5 heteroatoms. The summed E-state index contributed by atoms with van der Waals surface area (Å²) in [5.41, 5.74) is 0. The summed E-state index contributed by atoms with van der Waals surface area (Å²) in [7, 11) is 3.60. The van der Waals surface area contributed by atoms with Gasteiger partial charge in [-0.05, 0) is 38.8 Å². The van der Waals surface area contributed by atoms with Crippen LogP contribution in [0.3, 0.4) is 0 Å². The zero-order valence-electron chi connectivity index (χ0n) is 12.8. The summed E-state index contributed by atoms with van der Waals surface area (Å²) in [6, 6.07) is 4.79. The maximum Gasteiger partial charge on any atom is 0.319 e. The highest BCUT2D eigenvalue weighted by atomic mass is 16.3. The summed E-state index contributed by atoms with van der Waals surface area (Å²) in [5.74, 6) is 1.93. The quantitative estimate of drug-likeness (QED) is 0.924. The number of aryl methyl sites for hydroxylation is 1. The number of nitrogens with zero attached hydrogens (tertiary/aromatic N) is 2. The second-order valence-corrected chi connectivity index (χ2v) is 5.78. The Labute approximate surface area is 120 Å². The zero-order valence-corrected chi connectivity index (χ0v) is 12.8. The van der Waals surface area contributed by atoms with E-state index >= 15 is 0 Å². The van der Waals surface area contributed by atoms with Gasteiger partial charge in [0.2, 0.25) is 0 Å². The molecule has 0 aliphatic carbocycles. The van der Waals surface area contributed by atoms with E-state index in [0.717, 1.165) is 37.5 Å². The molecule has 2 heterocycles. The number of likely N-dealkylation sites (tertiary alicyclic amines) is 1. The topological polar surface area (TPSA) is 48.7 Å². The number of hydrogen-bond acceptors (Lipinski definition) is 3. The molecule has 1 aliphatic heterocycles. The van der Waals surface area contributed by atoms with E-state index in [9.17, 15) is 4.79 Å². The lowest BCUT2D eigenvalue weighted by molar-refractivity contribution is 0.150. The van der Waals surface area contributed by atoms with Crippen LogP contribution >= 0.6 is 0 Å². The van der Waals surface area contributed by atoms with Crippen LogP contribution in [0.1, 0.15) is 37.3 Å². The molecule has 1 aromatic rings. The van der Waals surface area contributed by atoms with E-state index in [1.54, 1.807) is 19.0 Å². The SMILES string of the molecule is Cc1ccc(C(C)NC2CCN(C(=O)N(C)C)CC2)o1. The third kappa shape index (κ3) is 3.54. The second-order valence-electron chi connectivity index (χ2n) is 5.78. The maximum atomic E-state index is 11.9. The van der Waals surface area contributed by atoms with Crippen LogP contribution < -0.4 is 5.32 Å². The van der Waals surface area contributed by atoms with E-state index in [1.807, 2.05) is 24.0 Å². The Morgan fingerprint density at radius 2 is 2.05 bits per heavy atom. The summed E-state index contributed by atoms with van der Waals surface area (Å²) in [4.78, 5) is 15.4. The van der Waals surface area contributed by atoms with E-state index in [1.165, 1.54) is 0 Å². The van der Waals surface area contributed by atoms with E-state index in [-0.39, 0.29) is 12.1 Å². The normalized spacial score (nSPS) is 18.1. The molecular weight excluding hydrogens is 254 g/mol. The minimum Gasteiger partial charge on any atom is -0.465 e. The van der Waals surface area contributed by atoms with Gasteiger partial charge < -0.3 is 19.5 Å². The number of piperidine rings is 1. The molecule has 1 unspecified atom stereocenters. The Morgan fingerprint density at radius 3 is 2.55 bits per heavy atom. The molecule has 112 valence electrons. The lowest BCUT2D eigenvalue weighted by Gasteiger charge is -2.35. The van der Waals surface area contributed by atoms with Crippen LogP contribution in [-0.4, -0.2) is 49.1 Å². The summed E-state index contributed by atoms with van der Waals surface area (Å²) in [6.07, 6.45) is 1.98. The molecule has 1 aromatic heterocycles. The fourth-order valence-electron chi connectivity index (χ4n) is 2.64. The van der Waals surface area contributed by atoms with Crippen molar-refractivity contribution >= 4 is 6.03 Å². The highest BCUT2D eigenvalue weighted by Crippen LogP contribution is 2.19. The standard InChI is InChI=1S/C15H25N3O2/c1-11-5-6-14(20-11)12(2)16-13-7-9-18(10-8-13)15(19)17(3)4/h5-6,12-13,16H,7-10H2,1-4H3. The predicted octanol–water partition coefficient (Wildman–Crippen LogP) is 2.38. The number of furan rings is 1. The van der Waals surface area contributed by atoms with Crippen LogP contribution in [0.15, 0.2) is 16.5 Å². The molecule has 0 spiro atoms. The molecule has 2 amide bonds. The average Bonchev–Trinajstić information content (AvgIpc) is 2.85. The van der Waals surface area contributed by atoms with Gasteiger partial charge in [0.25, 0.3) is 0 Å². The van der Waals surface area contributed by atoms with Crippen molar-refractivity contribution in [1.82, 2.24) is 15.1 Å². The van der Waals surface area contributed by atoms with Gasteiger partial charge in [-0.15, -0.1) is 0 Å². The van der Waals surface area contributed by atoms with Gasteiger partial charge in [-0.2, -0.15) is 0 Å². The molecule has 1 fully saturated rings. The number of urea groups is 1. The van der Waals surface area contributed by atoms with Crippen molar-refractivity contribution in [3.63, 3.8) is 0 Å². The first-order valence-corrected chi connectivity index (χ1v) is 7.26. The molecule has 1 N–H and O–H groups in total.